The summed E-state index contributed by atoms with van der Waals surface area (Å²) in [4.78, 5) is 0. The van der Waals surface area contributed by atoms with Crippen LogP contribution in [0.3, 0.4) is 0 Å². The average molecular weight is 276 g/mol. The summed E-state index contributed by atoms with van der Waals surface area (Å²) in [6, 6.07) is 0. The van der Waals surface area contributed by atoms with Gasteiger partial charge in [0.05, 0.1) is 0 Å². The Labute approximate surface area is 92.4 Å². The first-order valence-electron chi connectivity index (χ1n) is 4.34. The fourth-order valence-corrected chi connectivity index (χ4v) is 3.65. The van der Waals surface area contributed by atoms with Gasteiger partial charge in [0.25, 0.3) is 20.2 Å². The van der Waals surface area contributed by atoms with Crippen LogP contribution < -0.4 is 0 Å². The topological polar surface area (TPSA) is 149 Å². The summed E-state index contributed by atoms with van der Waals surface area (Å²) in [6.07, 6.45) is -4.62. The minimum absolute atomic E-state index is 0.360. The zero-order valence-electron chi connectivity index (χ0n) is 7.96. The molecule has 0 aromatic carbocycles. The SMILES string of the molecule is O=S(=O)(O)C1CCC(S(=O)(=O)O)C(O)C1O. The molecule has 0 aromatic heterocycles. The molecule has 0 bridgehead atoms. The van der Waals surface area contributed by atoms with Crippen LogP contribution in [-0.4, -0.2) is 58.9 Å². The molecule has 0 radical (unpaired) electrons. The third kappa shape index (κ3) is 2.70. The van der Waals surface area contributed by atoms with E-state index in [1.165, 1.54) is 0 Å². The van der Waals surface area contributed by atoms with Gasteiger partial charge in [-0.15, -0.1) is 0 Å². The molecular formula is C6H12O8S2. The smallest absolute Gasteiger partial charge is 0.270 e. The molecule has 8 nitrogen and oxygen atoms in total. The van der Waals surface area contributed by atoms with Crippen LogP contribution in [0.4, 0.5) is 0 Å². The summed E-state index contributed by atoms with van der Waals surface area (Å²) < 4.78 is 60.5. The molecular weight excluding hydrogens is 264 g/mol. The standard InChI is InChI=1S/C6H12O8S2/c7-5-3(15(9,10)11)1-2-4(6(5)8)16(12,13)14/h3-8H,1-2H2,(H,9,10,11)(H,12,13,14). The largest absolute Gasteiger partial charge is 0.389 e. The van der Waals surface area contributed by atoms with Gasteiger partial charge in [0.1, 0.15) is 22.7 Å². The number of aliphatic hydroxyl groups is 2. The van der Waals surface area contributed by atoms with Gasteiger partial charge in [-0.05, 0) is 12.8 Å². The van der Waals surface area contributed by atoms with Crippen molar-refractivity contribution in [2.75, 3.05) is 0 Å². The van der Waals surface area contributed by atoms with E-state index < -0.39 is 42.9 Å². The molecule has 1 saturated carbocycles. The van der Waals surface area contributed by atoms with Gasteiger partial charge in [0.2, 0.25) is 0 Å². The third-order valence-corrected chi connectivity index (χ3v) is 5.17. The highest BCUT2D eigenvalue weighted by atomic mass is 32.2. The Morgan fingerprint density at radius 3 is 1.19 bits per heavy atom. The van der Waals surface area contributed by atoms with Gasteiger partial charge < -0.3 is 10.2 Å². The van der Waals surface area contributed by atoms with E-state index in [2.05, 4.69) is 0 Å². The van der Waals surface area contributed by atoms with Gasteiger partial charge in [-0.2, -0.15) is 16.8 Å². The normalized spacial score (nSPS) is 37.2. The molecule has 0 aromatic rings. The van der Waals surface area contributed by atoms with E-state index in [4.69, 9.17) is 9.11 Å². The van der Waals surface area contributed by atoms with Crippen LogP contribution in [0.2, 0.25) is 0 Å². The molecule has 16 heavy (non-hydrogen) atoms. The molecule has 0 saturated heterocycles. The van der Waals surface area contributed by atoms with Crippen molar-refractivity contribution in [3.8, 4) is 0 Å². The highest BCUT2D eigenvalue weighted by Crippen LogP contribution is 2.28. The quantitative estimate of drug-likeness (QED) is 0.424. The van der Waals surface area contributed by atoms with Gasteiger partial charge in [-0.3, -0.25) is 9.11 Å². The van der Waals surface area contributed by atoms with Crippen LogP contribution >= 0.6 is 0 Å². The summed E-state index contributed by atoms with van der Waals surface area (Å²) in [5.74, 6) is 0. The monoisotopic (exact) mass is 276 g/mol. The average Bonchev–Trinajstić information content (AvgIpc) is 2.05. The first-order chi connectivity index (χ1) is 7.05. The van der Waals surface area contributed by atoms with Crippen molar-refractivity contribution in [1.29, 1.82) is 0 Å². The number of hydrogen-bond acceptors (Lipinski definition) is 6. The Balaban J connectivity index is 2.98. The van der Waals surface area contributed by atoms with Crippen LogP contribution in [-0.2, 0) is 20.2 Å². The van der Waals surface area contributed by atoms with Crippen molar-refractivity contribution in [1.82, 2.24) is 0 Å². The molecule has 0 spiro atoms. The van der Waals surface area contributed by atoms with Crippen LogP contribution in [0.5, 0.6) is 0 Å². The fraction of sp³-hybridized carbons (Fsp3) is 1.00. The third-order valence-electron chi connectivity index (χ3n) is 2.61. The molecule has 96 valence electrons. The maximum Gasteiger partial charge on any atom is 0.270 e. The number of rotatable bonds is 2. The van der Waals surface area contributed by atoms with Crippen molar-refractivity contribution in [2.24, 2.45) is 0 Å². The van der Waals surface area contributed by atoms with Crippen LogP contribution in [0.1, 0.15) is 12.8 Å². The lowest BCUT2D eigenvalue weighted by molar-refractivity contribution is -0.00623. The second-order valence-electron chi connectivity index (χ2n) is 3.67. The highest BCUT2D eigenvalue weighted by molar-refractivity contribution is 7.87. The molecule has 0 heterocycles. The van der Waals surface area contributed by atoms with Gasteiger partial charge in [-0.25, -0.2) is 0 Å². The summed E-state index contributed by atoms with van der Waals surface area (Å²) in [5.41, 5.74) is 0. The van der Waals surface area contributed by atoms with Gasteiger partial charge >= 0.3 is 0 Å². The van der Waals surface area contributed by atoms with E-state index in [1.807, 2.05) is 0 Å². The zero-order valence-corrected chi connectivity index (χ0v) is 9.59. The lowest BCUT2D eigenvalue weighted by atomic mass is 9.94. The molecule has 0 amide bonds. The number of hydrogen-bond donors (Lipinski definition) is 4. The Morgan fingerprint density at radius 1 is 0.750 bits per heavy atom. The summed E-state index contributed by atoms with van der Waals surface area (Å²) in [5, 5.41) is 15.4. The predicted molar refractivity (Wildman–Crippen MR) is 51.9 cm³/mol. The van der Waals surface area contributed by atoms with E-state index in [0.29, 0.717) is 0 Å². The summed E-state index contributed by atoms with van der Waals surface area (Å²) in [6.45, 7) is 0. The fourth-order valence-electron chi connectivity index (χ4n) is 1.76. The van der Waals surface area contributed by atoms with Crippen LogP contribution in [0.15, 0.2) is 0 Å². The molecule has 4 N–H and O–H groups in total. The summed E-state index contributed by atoms with van der Waals surface area (Å²) in [7, 11) is -9.13. The van der Waals surface area contributed by atoms with Crippen molar-refractivity contribution >= 4 is 20.2 Å². The van der Waals surface area contributed by atoms with Gasteiger partial charge in [-0.1, -0.05) is 0 Å². The number of aliphatic hydroxyl groups excluding tert-OH is 2. The predicted octanol–water partition coefficient (Wildman–Crippen LogP) is -1.99. The maximum atomic E-state index is 10.8. The lowest BCUT2D eigenvalue weighted by Gasteiger charge is -2.34. The first-order valence-corrected chi connectivity index (χ1v) is 7.34. The molecule has 1 rings (SSSR count). The molecule has 1 fully saturated rings. The van der Waals surface area contributed by atoms with E-state index in [9.17, 15) is 27.0 Å². The molecule has 1 aliphatic carbocycles. The second kappa shape index (κ2) is 4.20. The Morgan fingerprint density at radius 2 is 1.00 bits per heavy atom. The first kappa shape index (κ1) is 13.8. The maximum absolute atomic E-state index is 10.8. The highest BCUT2D eigenvalue weighted by Gasteiger charge is 2.47. The Hall–Kier alpha value is -0.260. The Bertz CT molecular complexity index is 407. The minimum atomic E-state index is -4.56. The summed E-state index contributed by atoms with van der Waals surface area (Å²) >= 11 is 0. The molecule has 0 aliphatic heterocycles. The Kier molecular flexibility index (Phi) is 3.62. The van der Waals surface area contributed by atoms with E-state index >= 15 is 0 Å². The van der Waals surface area contributed by atoms with E-state index in [0.717, 1.165) is 0 Å². The van der Waals surface area contributed by atoms with Crippen molar-refractivity contribution in [3.05, 3.63) is 0 Å². The minimum Gasteiger partial charge on any atom is -0.389 e. The van der Waals surface area contributed by atoms with Crippen molar-refractivity contribution in [2.45, 2.75) is 35.5 Å². The second-order valence-corrected chi connectivity index (χ2v) is 6.94. The molecule has 4 unspecified atom stereocenters. The van der Waals surface area contributed by atoms with Gasteiger partial charge in [0.15, 0.2) is 0 Å². The molecule has 4 atom stereocenters. The van der Waals surface area contributed by atoms with Gasteiger partial charge in [0, 0.05) is 0 Å². The van der Waals surface area contributed by atoms with E-state index in [-0.39, 0.29) is 12.8 Å². The van der Waals surface area contributed by atoms with Crippen molar-refractivity contribution in [3.63, 3.8) is 0 Å². The van der Waals surface area contributed by atoms with E-state index in [1.54, 1.807) is 0 Å². The lowest BCUT2D eigenvalue weighted by Crippen LogP contribution is -2.54. The van der Waals surface area contributed by atoms with Crippen molar-refractivity contribution < 1.29 is 36.2 Å². The van der Waals surface area contributed by atoms with Crippen LogP contribution in [0, 0.1) is 0 Å². The molecule has 10 heteroatoms. The molecule has 1 aliphatic rings. The zero-order chi connectivity index (χ0) is 12.7. The van der Waals surface area contributed by atoms with Crippen LogP contribution in [0.25, 0.3) is 0 Å².